The van der Waals surface area contributed by atoms with Gasteiger partial charge in [-0.3, -0.25) is 9.59 Å². The molecule has 3 aromatic rings. The molecule has 0 heterocycles. The second-order valence-corrected chi connectivity index (χ2v) is 9.45. The molecule has 0 N–H and O–H groups in total. The molecule has 0 aliphatic rings. The van der Waals surface area contributed by atoms with Gasteiger partial charge in [0.25, 0.3) is 11.8 Å². The van der Waals surface area contributed by atoms with E-state index in [1.807, 2.05) is 0 Å². The summed E-state index contributed by atoms with van der Waals surface area (Å²) in [6.45, 7) is 0. The molecule has 3 aromatic carbocycles. The van der Waals surface area contributed by atoms with Crippen molar-refractivity contribution in [3.8, 4) is 0 Å². The molecular weight excluding hydrogens is 715 g/mol. The highest BCUT2D eigenvalue weighted by molar-refractivity contribution is 14.1. The van der Waals surface area contributed by atoms with Crippen molar-refractivity contribution in [3.05, 3.63) is 94.6 Å². The van der Waals surface area contributed by atoms with Crippen molar-refractivity contribution in [2.24, 2.45) is 0 Å². The van der Waals surface area contributed by atoms with Gasteiger partial charge in [0.15, 0.2) is 0 Å². The average Bonchev–Trinajstić information content (AvgIpc) is 2.89. The summed E-state index contributed by atoms with van der Waals surface area (Å²) in [5, 5.41) is 0. The number of carbonyl (C=O) groups is 2. The van der Waals surface area contributed by atoms with Crippen molar-refractivity contribution in [1.29, 1.82) is 0 Å². The van der Waals surface area contributed by atoms with Gasteiger partial charge < -0.3 is 4.90 Å². The largest absolute Gasteiger partial charge is 0.435 e. The molecule has 0 unspecified atom stereocenters. The first-order valence-corrected chi connectivity index (χ1v) is 12.0. The first-order chi connectivity index (χ1) is 19.1. The minimum absolute atomic E-state index is 0.0643. The molecule has 0 fully saturated rings. The van der Waals surface area contributed by atoms with Crippen LogP contribution in [0, 0.1) is 11.6 Å². The maximum atomic E-state index is 14.4. The zero-order valence-corrected chi connectivity index (χ0v) is 22.6. The number of amides is 2. The fourth-order valence-electron chi connectivity index (χ4n) is 3.69. The van der Waals surface area contributed by atoms with Crippen LogP contribution in [0.2, 0.25) is 0 Å². The van der Waals surface area contributed by atoms with Gasteiger partial charge in [-0.2, -0.15) is 39.5 Å². The van der Waals surface area contributed by atoms with Gasteiger partial charge in [-0.15, -0.1) is 0 Å². The first-order valence-electron chi connectivity index (χ1n) is 11.0. The summed E-state index contributed by atoms with van der Waals surface area (Å²) in [7, 11) is 1.06. The number of rotatable bonds is 5. The third kappa shape index (κ3) is 6.00. The first kappa shape index (κ1) is 33.0. The van der Waals surface area contributed by atoms with E-state index in [1.165, 1.54) is 6.07 Å². The smallest absolute Gasteiger partial charge is 0.311 e. The zero-order chi connectivity index (χ0) is 32.0. The number of benzene rings is 3. The summed E-state index contributed by atoms with van der Waals surface area (Å²) in [5.74, 6) is -4.95. The summed E-state index contributed by atoms with van der Waals surface area (Å²) >= 11 is 0.994. The third-order valence-corrected chi connectivity index (χ3v) is 6.79. The van der Waals surface area contributed by atoms with Crippen LogP contribution in [-0.2, 0) is 11.8 Å². The molecule has 0 aromatic heterocycles. The van der Waals surface area contributed by atoms with Crippen LogP contribution in [0.15, 0.2) is 60.7 Å². The summed E-state index contributed by atoms with van der Waals surface area (Å²) in [6.07, 6.45) is -19.0. The second kappa shape index (κ2) is 11.3. The van der Waals surface area contributed by atoms with E-state index in [4.69, 9.17) is 0 Å². The molecule has 0 spiro atoms. The number of hydrogen-bond donors (Lipinski definition) is 0. The topological polar surface area (TPSA) is 40.6 Å². The lowest BCUT2D eigenvalue weighted by Crippen LogP contribution is -2.50. The summed E-state index contributed by atoms with van der Waals surface area (Å²) in [5.41, 5.74) is -13.6. The molecule has 0 bridgehead atoms. The SMILES string of the molecule is CN(C(=O)c1c(F)cccc1F)c1cccc(C(=O)N(I)c2ccc(C(F)(C(F)(F)F)C(F)(F)F)cc2C(F)(F)F)c1. The fourth-order valence-corrected chi connectivity index (χ4v) is 4.39. The lowest BCUT2D eigenvalue weighted by molar-refractivity contribution is -0.348. The Morgan fingerprint density at radius 3 is 1.74 bits per heavy atom. The summed E-state index contributed by atoms with van der Waals surface area (Å²) in [4.78, 5) is 26.4. The molecule has 4 nitrogen and oxygen atoms in total. The highest BCUT2D eigenvalue weighted by atomic mass is 127. The van der Waals surface area contributed by atoms with E-state index < -0.39 is 81.7 Å². The van der Waals surface area contributed by atoms with Crippen molar-refractivity contribution in [2.75, 3.05) is 15.1 Å². The van der Waals surface area contributed by atoms with Crippen LogP contribution in [0.5, 0.6) is 0 Å². The monoisotopic (exact) mass is 728 g/mol. The highest BCUT2D eigenvalue weighted by Crippen LogP contribution is 2.54. The lowest BCUT2D eigenvalue weighted by Gasteiger charge is -2.31. The summed E-state index contributed by atoms with van der Waals surface area (Å²) in [6, 6.07) is 6.06. The molecule has 0 aliphatic heterocycles. The van der Waals surface area contributed by atoms with Crippen molar-refractivity contribution < 1.29 is 62.3 Å². The minimum Gasteiger partial charge on any atom is -0.311 e. The van der Waals surface area contributed by atoms with Gasteiger partial charge in [0.05, 0.1) is 34.1 Å². The lowest BCUT2D eigenvalue weighted by atomic mass is 9.92. The number of nitrogens with zero attached hydrogens (tertiary/aromatic N) is 2. The Bertz CT molecular complexity index is 1480. The van der Waals surface area contributed by atoms with E-state index >= 15 is 0 Å². The Morgan fingerprint density at radius 1 is 0.714 bits per heavy atom. The molecule has 0 radical (unpaired) electrons. The van der Waals surface area contributed by atoms with E-state index in [9.17, 15) is 62.3 Å². The number of anilines is 2. The maximum Gasteiger partial charge on any atom is 0.435 e. The maximum absolute atomic E-state index is 14.4. The fraction of sp³-hybridized carbons (Fsp3) is 0.200. The van der Waals surface area contributed by atoms with Crippen molar-refractivity contribution in [1.82, 2.24) is 0 Å². The number of alkyl halides is 10. The molecule has 3 rings (SSSR count). The van der Waals surface area contributed by atoms with Gasteiger partial charge in [0.1, 0.15) is 17.2 Å². The Hall–Kier alpha value is -3.51. The predicted octanol–water partition coefficient (Wildman–Crippen LogP) is 8.55. The predicted molar refractivity (Wildman–Crippen MR) is 133 cm³/mol. The third-order valence-electron chi connectivity index (χ3n) is 5.83. The molecule has 226 valence electrons. The van der Waals surface area contributed by atoms with E-state index in [2.05, 4.69) is 0 Å². The van der Waals surface area contributed by atoms with Gasteiger partial charge in [-0.25, -0.2) is 16.3 Å². The van der Waals surface area contributed by atoms with Crippen molar-refractivity contribution in [2.45, 2.75) is 24.2 Å². The van der Waals surface area contributed by atoms with Gasteiger partial charge in [-0.05, 0) is 42.5 Å². The molecule has 2 amide bonds. The Balaban J connectivity index is 2.05. The molecule has 0 aliphatic carbocycles. The number of hydrogen-bond acceptors (Lipinski definition) is 2. The van der Waals surface area contributed by atoms with E-state index in [-0.39, 0.29) is 20.9 Å². The average molecular weight is 728 g/mol. The number of halogens is 13. The second-order valence-electron chi connectivity index (χ2n) is 8.48. The quantitative estimate of drug-likeness (QED) is 0.150. The normalized spacial score (nSPS) is 12.7. The Morgan fingerprint density at radius 2 is 1.24 bits per heavy atom. The van der Waals surface area contributed by atoms with Crippen molar-refractivity contribution >= 4 is 46.1 Å². The molecule has 0 saturated carbocycles. The molecule has 17 heteroatoms. The minimum atomic E-state index is -6.69. The molecular formula is C25H13F12IN2O2. The van der Waals surface area contributed by atoms with Gasteiger partial charge in [0.2, 0.25) is 0 Å². The van der Waals surface area contributed by atoms with Crippen LogP contribution >= 0.6 is 22.9 Å². The molecule has 0 saturated heterocycles. The van der Waals surface area contributed by atoms with E-state index in [0.717, 1.165) is 66.3 Å². The van der Waals surface area contributed by atoms with Gasteiger partial charge >= 0.3 is 24.2 Å². The molecule has 42 heavy (non-hydrogen) atoms. The van der Waals surface area contributed by atoms with Crippen LogP contribution in [0.4, 0.5) is 64.1 Å². The van der Waals surface area contributed by atoms with E-state index in [0.29, 0.717) is 4.90 Å². The summed E-state index contributed by atoms with van der Waals surface area (Å²) < 4.78 is 163. The van der Waals surface area contributed by atoms with E-state index in [1.54, 1.807) is 0 Å². The highest BCUT2D eigenvalue weighted by Gasteiger charge is 2.73. The van der Waals surface area contributed by atoms with Crippen LogP contribution in [0.3, 0.4) is 0 Å². The van der Waals surface area contributed by atoms with Crippen LogP contribution in [0.1, 0.15) is 31.8 Å². The van der Waals surface area contributed by atoms with Crippen molar-refractivity contribution in [3.63, 3.8) is 0 Å². The van der Waals surface area contributed by atoms with Crippen LogP contribution in [-0.4, -0.2) is 31.2 Å². The van der Waals surface area contributed by atoms with Crippen LogP contribution in [0.25, 0.3) is 0 Å². The van der Waals surface area contributed by atoms with Gasteiger partial charge in [0, 0.05) is 23.9 Å². The standard InChI is InChI=1S/C25H13F12IN2O2/c1-39(21(42)19-16(26)6-3-7-17(19)27)14-5-2-4-12(10-14)20(41)40(38)18-9-8-13(11-15(18)23(29,30)31)22(28,24(32,33)34)25(35,36)37/h2-11H,1H3. The van der Waals surface area contributed by atoms with Crippen LogP contribution < -0.4 is 8.01 Å². The molecule has 0 atom stereocenters. The Labute approximate surface area is 242 Å². The van der Waals surface area contributed by atoms with Gasteiger partial charge in [-0.1, -0.05) is 18.2 Å². The number of carbonyl (C=O) groups excluding carboxylic acids is 2. The zero-order valence-electron chi connectivity index (χ0n) is 20.4. The Kier molecular flexibility index (Phi) is 8.87.